The van der Waals surface area contributed by atoms with Crippen LogP contribution in [0.15, 0.2) is 48.5 Å². The second kappa shape index (κ2) is 5.68. The lowest BCUT2D eigenvalue weighted by Gasteiger charge is -2.31. The summed E-state index contributed by atoms with van der Waals surface area (Å²) in [5.41, 5.74) is 10.5. The number of hydrogen-bond acceptors (Lipinski definition) is 2. The van der Waals surface area contributed by atoms with Gasteiger partial charge >= 0.3 is 0 Å². The predicted octanol–water partition coefficient (Wildman–Crippen LogP) is 3.50. The molecule has 0 saturated carbocycles. The average Bonchev–Trinajstić information content (AvgIpc) is 2.50. The van der Waals surface area contributed by atoms with Gasteiger partial charge in [-0.25, -0.2) is 0 Å². The smallest absolute Gasteiger partial charge is 0.119 e. The monoisotopic (exact) mass is 267 g/mol. The first kappa shape index (κ1) is 13.2. The van der Waals surface area contributed by atoms with E-state index in [9.17, 15) is 0 Å². The van der Waals surface area contributed by atoms with Gasteiger partial charge in [-0.3, -0.25) is 0 Å². The van der Waals surface area contributed by atoms with E-state index in [-0.39, 0.29) is 6.04 Å². The largest absolute Gasteiger partial charge is 0.497 e. The highest BCUT2D eigenvalue weighted by atomic mass is 16.5. The zero-order chi connectivity index (χ0) is 13.9. The van der Waals surface area contributed by atoms with Crippen LogP contribution in [0.25, 0.3) is 0 Å². The molecule has 0 saturated heterocycles. The van der Waals surface area contributed by atoms with Crippen molar-refractivity contribution in [3.63, 3.8) is 0 Å². The van der Waals surface area contributed by atoms with Gasteiger partial charge in [-0.1, -0.05) is 36.4 Å². The van der Waals surface area contributed by atoms with Crippen LogP contribution in [0, 0.1) is 5.92 Å². The summed E-state index contributed by atoms with van der Waals surface area (Å²) in [6, 6.07) is 17.0. The van der Waals surface area contributed by atoms with Crippen molar-refractivity contribution in [2.24, 2.45) is 11.7 Å². The van der Waals surface area contributed by atoms with Gasteiger partial charge in [0.05, 0.1) is 7.11 Å². The Labute approximate surface area is 120 Å². The van der Waals surface area contributed by atoms with Crippen LogP contribution in [0.2, 0.25) is 0 Å². The van der Waals surface area contributed by atoms with Crippen LogP contribution in [0.3, 0.4) is 0 Å². The standard InChI is InChI=1S/C18H21NO/c1-20-16-7-4-5-13(12-16)11-15-10-9-14-6-2-3-8-17(14)18(15)19/h2-8,12,15,18H,9-11,19H2,1H3. The lowest BCUT2D eigenvalue weighted by atomic mass is 9.77. The van der Waals surface area contributed by atoms with Gasteiger partial charge in [-0.15, -0.1) is 0 Å². The van der Waals surface area contributed by atoms with Gasteiger partial charge < -0.3 is 10.5 Å². The lowest BCUT2D eigenvalue weighted by Crippen LogP contribution is -2.28. The molecule has 0 radical (unpaired) electrons. The molecule has 0 amide bonds. The molecule has 0 spiro atoms. The normalized spacial score (nSPS) is 21.3. The summed E-state index contributed by atoms with van der Waals surface area (Å²) >= 11 is 0. The highest BCUT2D eigenvalue weighted by Gasteiger charge is 2.26. The van der Waals surface area contributed by atoms with E-state index in [4.69, 9.17) is 10.5 Å². The Morgan fingerprint density at radius 3 is 2.85 bits per heavy atom. The Bertz CT molecular complexity index is 593. The van der Waals surface area contributed by atoms with E-state index in [1.54, 1.807) is 7.11 Å². The molecule has 0 aliphatic heterocycles. The number of rotatable bonds is 3. The molecule has 2 atom stereocenters. The van der Waals surface area contributed by atoms with Crippen molar-refractivity contribution >= 4 is 0 Å². The van der Waals surface area contributed by atoms with Gasteiger partial charge in [0.2, 0.25) is 0 Å². The Morgan fingerprint density at radius 1 is 1.15 bits per heavy atom. The number of hydrogen-bond donors (Lipinski definition) is 1. The predicted molar refractivity (Wildman–Crippen MR) is 81.9 cm³/mol. The number of fused-ring (bicyclic) bond motifs is 1. The van der Waals surface area contributed by atoms with Crippen LogP contribution in [0.4, 0.5) is 0 Å². The van der Waals surface area contributed by atoms with E-state index >= 15 is 0 Å². The molecule has 2 nitrogen and oxygen atoms in total. The van der Waals surface area contributed by atoms with Gasteiger partial charge in [0.25, 0.3) is 0 Å². The Balaban J connectivity index is 1.79. The summed E-state index contributed by atoms with van der Waals surface area (Å²) in [5.74, 6) is 1.43. The van der Waals surface area contributed by atoms with Crippen molar-refractivity contribution in [1.82, 2.24) is 0 Å². The van der Waals surface area contributed by atoms with E-state index in [0.29, 0.717) is 5.92 Å². The minimum absolute atomic E-state index is 0.145. The highest BCUT2D eigenvalue weighted by Crippen LogP contribution is 2.34. The maximum Gasteiger partial charge on any atom is 0.119 e. The summed E-state index contributed by atoms with van der Waals surface area (Å²) in [6.45, 7) is 0. The summed E-state index contributed by atoms with van der Waals surface area (Å²) < 4.78 is 5.30. The van der Waals surface area contributed by atoms with Gasteiger partial charge in [-0.2, -0.15) is 0 Å². The van der Waals surface area contributed by atoms with Crippen LogP contribution < -0.4 is 10.5 Å². The van der Waals surface area contributed by atoms with Crippen LogP contribution in [-0.4, -0.2) is 7.11 Å². The third-order valence-electron chi connectivity index (χ3n) is 4.34. The van der Waals surface area contributed by atoms with Crippen molar-refractivity contribution in [3.05, 3.63) is 65.2 Å². The summed E-state index contributed by atoms with van der Waals surface area (Å²) in [7, 11) is 1.71. The SMILES string of the molecule is COc1cccc(CC2CCc3ccccc3C2N)c1. The maximum absolute atomic E-state index is 6.48. The Hall–Kier alpha value is -1.80. The van der Waals surface area contributed by atoms with E-state index in [1.165, 1.54) is 16.7 Å². The van der Waals surface area contributed by atoms with Crippen molar-refractivity contribution < 1.29 is 4.74 Å². The van der Waals surface area contributed by atoms with Gasteiger partial charge in [0.1, 0.15) is 5.75 Å². The molecule has 1 aliphatic rings. The third kappa shape index (κ3) is 2.56. The van der Waals surface area contributed by atoms with Gasteiger partial charge in [-0.05, 0) is 54.0 Å². The molecule has 2 aromatic carbocycles. The molecular weight excluding hydrogens is 246 g/mol. The third-order valence-corrected chi connectivity index (χ3v) is 4.34. The summed E-state index contributed by atoms with van der Waals surface area (Å²) in [5, 5.41) is 0. The first-order chi connectivity index (χ1) is 9.78. The molecule has 104 valence electrons. The number of benzene rings is 2. The van der Waals surface area contributed by atoms with Gasteiger partial charge in [0.15, 0.2) is 0 Å². The van der Waals surface area contributed by atoms with E-state index in [1.807, 2.05) is 6.07 Å². The number of aryl methyl sites for hydroxylation is 1. The summed E-state index contributed by atoms with van der Waals surface area (Å²) in [6.07, 6.45) is 3.32. The van der Waals surface area contributed by atoms with E-state index in [0.717, 1.165) is 25.0 Å². The second-order valence-electron chi connectivity index (χ2n) is 5.58. The van der Waals surface area contributed by atoms with Crippen molar-refractivity contribution in [2.75, 3.05) is 7.11 Å². The van der Waals surface area contributed by atoms with Crippen LogP contribution in [0.5, 0.6) is 5.75 Å². The molecule has 1 aliphatic carbocycles. The minimum atomic E-state index is 0.145. The molecule has 0 fully saturated rings. The number of ether oxygens (including phenoxy) is 1. The molecule has 2 N–H and O–H groups in total. The topological polar surface area (TPSA) is 35.2 Å². The van der Waals surface area contributed by atoms with Crippen molar-refractivity contribution in [3.8, 4) is 5.75 Å². The fourth-order valence-electron chi connectivity index (χ4n) is 3.19. The molecule has 0 bridgehead atoms. The molecule has 3 rings (SSSR count). The fraction of sp³-hybridized carbons (Fsp3) is 0.333. The van der Waals surface area contributed by atoms with E-state index in [2.05, 4.69) is 42.5 Å². The quantitative estimate of drug-likeness (QED) is 0.923. The zero-order valence-electron chi connectivity index (χ0n) is 11.9. The van der Waals surface area contributed by atoms with Crippen molar-refractivity contribution in [1.29, 1.82) is 0 Å². The minimum Gasteiger partial charge on any atom is -0.497 e. The van der Waals surface area contributed by atoms with Crippen LogP contribution >= 0.6 is 0 Å². The molecule has 0 heterocycles. The molecule has 2 heteroatoms. The first-order valence-electron chi connectivity index (χ1n) is 7.24. The van der Waals surface area contributed by atoms with Crippen LogP contribution in [0.1, 0.15) is 29.2 Å². The molecule has 2 unspecified atom stereocenters. The zero-order valence-corrected chi connectivity index (χ0v) is 11.9. The number of nitrogens with two attached hydrogens (primary N) is 1. The Kier molecular flexibility index (Phi) is 3.75. The summed E-state index contributed by atoms with van der Waals surface area (Å²) in [4.78, 5) is 0. The molecular formula is C18H21NO. The molecule has 20 heavy (non-hydrogen) atoms. The molecule has 2 aromatic rings. The second-order valence-corrected chi connectivity index (χ2v) is 5.58. The van der Waals surface area contributed by atoms with Crippen molar-refractivity contribution in [2.45, 2.75) is 25.3 Å². The van der Waals surface area contributed by atoms with Crippen LogP contribution in [-0.2, 0) is 12.8 Å². The Morgan fingerprint density at radius 2 is 2.00 bits per heavy atom. The van der Waals surface area contributed by atoms with Gasteiger partial charge in [0, 0.05) is 6.04 Å². The maximum atomic E-state index is 6.48. The average molecular weight is 267 g/mol. The van der Waals surface area contributed by atoms with E-state index < -0.39 is 0 Å². The highest BCUT2D eigenvalue weighted by molar-refractivity contribution is 5.34. The molecule has 0 aromatic heterocycles. The first-order valence-corrected chi connectivity index (χ1v) is 7.24. The fourth-order valence-corrected chi connectivity index (χ4v) is 3.19. The number of methoxy groups -OCH3 is 1. The lowest BCUT2D eigenvalue weighted by molar-refractivity contribution is 0.374.